The molecule has 6 heteroatoms. The summed E-state index contributed by atoms with van der Waals surface area (Å²) in [4.78, 5) is 0. The van der Waals surface area contributed by atoms with Crippen LogP contribution in [0.3, 0.4) is 0 Å². The molecule has 2 aromatic carbocycles. The largest absolute Gasteiger partial charge is 0.497 e. The number of hydrogen-bond donors (Lipinski definition) is 2. The fourth-order valence-electron chi connectivity index (χ4n) is 2.08. The van der Waals surface area contributed by atoms with Crippen LogP contribution >= 0.6 is 27.5 Å². The predicted octanol–water partition coefficient (Wildman–Crippen LogP) is 4.00. The zero-order chi connectivity index (χ0) is 15.4. The summed E-state index contributed by atoms with van der Waals surface area (Å²) in [6, 6.07) is 10.2. The molecule has 0 radical (unpaired) electrons. The number of nitrogens with one attached hydrogen (secondary N) is 1. The minimum absolute atomic E-state index is 0.105. The molecule has 0 saturated heterocycles. The molecule has 0 amide bonds. The summed E-state index contributed by atoms with van der Waals surface area (Å²) in [6.45, 7) is 0. The van der Waals surface area contributed by atoms with Gasteiger partial charge in [0, 0.05) is 4.47 Å². The topological polar surface area (TPSA) is 47.3 Å². The van der Waals surface area contributed by atoms with E-state index in [2.05, 4.69) is 21.4 Å². The number of nitrogens with two attached hydrogens (primary N) is 1. The summed E-state index contributed by atoms with van der Waals surface area (Å²) in [5.74, 6) is 5.97. The van der Waals surface area contributed by atoms with Crippen LogP contribution < -0.4 is 16.0 Å². The summed E-state index contributed by atoms with van der Waals surface area (Å²) in [6.07, 6.45) is 0.572. The lowest BCUT2D eigenvalue weighted by Crippen LogP contribution is -2.29. The molecule has 2 rings (SSSR count). The standard InChI is InChI=1S/C15H15BrClFN2O/c1-21-10-3-4-12(16)11(8-10)15(20-19)7-9-2-5-14(18)13(17)6-9/h2-6,8,15,20H,7,19H2,1H3. The molecule has 1 unspecified atom stereocenters. The highest BCUT2D eigenvalue weighted by Gasteiger charge is 2.15. The van der Waals surface area contributed by atoms with E-state index in [4.69, 9.17) is 22.2 Å². The number of hydrazine groups is 1. The first-order valence-electron chi connectivity index (χ1n) is 6.28. The molecule has 21 heavy (non-hydrogen) atoms. The van der Waals surface area contributed by atoms with Crippen LogP contribution in [0.1, 0.15) is 17.2 Å². The fourth-order valence-corrected chi connectivity index (χ4v) is 2.80. The SMILES string of the molecule is COc1ccc(Br)c(C(Cc2ccc(F)c(Cl)c2)NN)c1. The van der Waals surface area contributed by atoms with Crippen molar-refractivity contribution in [3.8, 4) is 5.75 Å². The number of ether oxygens (including phenoxy) is 1. The van der Waals surface area contributed by atoms with E-state index in [0.29, 0.717) is 6.42 Å². The third kappa shape index (κ3) is 3.95. The average Bonchev–Trinajstić information content (AvgIpc) is 2.49. The Kier molecular flexibility index (Phi) is 5.58. The third-order valence-corrected chi connectivity index (χ3v) is 4.22. The van der Waals surface area contributed by atoms with Crippen molar-refractivity contribution in [1.29, 1.82) is 0 Å². The molecule has 1 atom stereocenters. The lowest BCUT2D eigenvalue weighted by Gasteiger charge is -2.19. The van der Waals surface area contributed by atoms with Crippen LogP contribution in [0.15, 0.2) is 40.9 Å². The van der Waals surface area contributed by atoms with Gasteiger partial charge in [0.1, 0.15) is 11.6 Å². The van der Waals surface area contributed by atoms with Crippen LogP contribution in [-0.2, 0) is 6.42 Å². The van der Waals surface area contributed by atoms with Gasteiger partial charge in [-0.15, -0.1) is 0 Å². The van der Waals surface area contributed by atoms with Crippen molar-refractivity contribution in [2.75, 3.05) is 7.11 Å². The van der Waals surface area contributed by atoms with Gasteiger partial charge in [-0.05, 0) is 47.9 Å². The molecule has 0 spiro atoms. The Morgan fingerprint density at radius 1 is 1.33 bits per heavy atom. The van der Waals surface area contributed by atoms with Crippen molar-refractivity contribution in [3.63, 3.8) is 0 Å². The molecular formula is C15H15BrClFN2O. The molecule has 0 heterocycles. The van der Waals surface area contributed by atoms with Crippen LogP contribution in [0.2, 0.25) is 5.02 Å². The van der Waals surface area contributed by atoms with Gasteiger partial charge >= 0.3 is 0 Å². The van der Waals surface area contributed by atoms with Gasteiger partial charge in [-0.2, -0.15) is 0 Å². The Morgan fingerprint density at radius 2 is 2.10 bits per heavy atom. The normalized spacial score (nSPS) is 12.2. The molecule has 2 aromatic rings. The second-order valence-corrected chi connectivity index (χ2v) is 5.82. The van der Waals surface area contributed by atoms with Gasteiger partial charge < -0.3 is 4.74 Å². The average molecular weight is 374 g/mol. The Balaban J connectivity index is 2.29. The van der Waals surface area contributed by atoms with Gasteiger partial charge in [-0.1, -0.05) is 33.6 Å². The predicted molar refractivity (Wildman–Crippen MR) is 85.9 cm³/mol. The van der Waals surface area contributed by atoms with Gasteiger partial charge in [-0.3, -0.25) is 11.3 Å². The summed E-state index contributed by atoms with van der Waals surface area (Å²) >= 11 is 9.31. The number of hydrogen-bond acceptors (Lipinski definition) is 3. The monoisotopic (exact) mass is 372 g/mol. The number of methoxy groups -OCH3 is 1. The maximum Gasteiger partial charge on any atom is 0.141 e. The zero-order valence-corrected chi connectivity index (χ0v) is 13.7. The molecule has 0 bridgehead atoms. The second kappa shape index (κ2) is 7.22. The van der Waals surface area contributed by atoms with E-state index in [9.17, 15) is 4.39 Å². The quantitative estimate of drug-likeness (QED) is 0.615. The molecule has 0 aliphatic rings. The Morgan fingerprint density at radius 3 is 2.71 bits per heavy atom. The zero-order valence-electron chi connectivity index (χ0n) is 11.4. The van der Waals surface area contributed by atoms with Gasteiger partial charge in [-0.25, -0.2) is 4.39 Å². The minimum Gasteiger partial charge on any atom is -0.497 e. The molecule has 112 valence electrons. The van der Waals surface area contributed by atoms with Crippen LogP contribution in [0.25, 0.3) is 0 Å². The van der Waals surface area contributed by atoms with E-state index >= 15 is 0 Å². The van der Waals surface area contributed by atoms with E-state index in [0.717, 1.165) is 21.3 Å². The molecule has 3 nitrogen and oxygen atoms in total. The maximum absolute atomic E-state index is 13.2. The summed E-state index contributed by atoms with van der Waals surface area (Å²) in [5.41, 5.74) is 4.61. The van der Waals surface area contributed by atoms with E-state index in [1.807, 2.05) is 18.2 Å². The molecule has 3 N–H and O–H groups in total. The molecule has 0 fully saturated rings. The first-order chi connectivity index (χ1) is 10.0. The van der Waals surface area contributed by atoms with Gasteiger partial charge in [0.05, 0.1) is 18.2 Å². The first kappa shape index (κ1) is 16.2. The number of benzene rings is 2. The molecular weight excluding hydrogens is 359 g/mol. The van der Waals surface area contributed by atoms with Gasteiger partial charge in [0.2, 0.25) is 0 Å². The maximum atomic E-state index is 13.2. The highest BCUT2D eigenvalue weighted by Crippen LogP contribution is 2.30. The summed E-state index contributed by atoms with van der Waals surface area (Å²) in [5, 5.41) is 0.105. The lowest BCUT2D eigenvalue weighted by molar-refractivity contribution is 0.412. The third-order valence-electron chi connectivity index (χ3n) is 3.20. The smallest absolute Gasteiger partial charge is 0.141 e. The van der Waals surface area contributed by atoms with Crippen LogP contribution in [0.4, 0.5) is 4.39 Å². The lowest BCUT2D eigenvalue weighted by atomic mass is 9.99. The first-order valence-corrected chi connectivity index (χ1v) is 7.45. The van der Waals surface area contributed by atoms with E-state index < -0.39 is 5.82 Å². The van der Waals surface area contributed by atoms with Crippen molar-refractivity contribution in [2.24, 2.45) is 5.84 Å². The second-order valence-electron chi connectivity index (χ2n) is 4.56. The van der Waals surface area contributed by atoms with Crippen molar-refractivity contribution in [2.45, 2.75) is 12.5 Å². The van der Waals surface area contributed by atoms with Crippen molar-refractivity contribution < 1.29 is 9.13 Å². The van der Waals surface area contributed by atoms with E-state index in [-0.39, 0.29) is 11.1 Å². The molecule has 0 aromatic heterocycles. The number of rotatable bonds is 5. The molecule has 0 saturated carbocycles. The Bertz CT molecular complexity index is 639. The summed E-state index contributed by atoms with van der Waals surface area (Å²) in [7, 11) is 1.61. The highest BCUT2D eigenvalue weighted by molar-refractivity contribution is 9.10. The van der Waals surface area contributed by atoms with Crippen LogP contribution in [0, 0.1) is 5.82 Å². The Labute approximate surface area is 136 Å². The van der Waals surface area contributed by atoms with Crippen LogP contribution in [0.5, 0.6) is 5.75 Å². The Hall–Kier alpha value is -1.14. The fraction of sp³-hybridized carbons (Fsp3) is 0.200. The van der Waals surface area contributed by atoms with E-state index in [1.165, 1.54) is 6.07 Å². The van der Waals surface area contributed by atoms with Gasteiger partial charge in [0.25, 0.3) is 0 Å². The summed E-state index contributed by atoms with van der Waals surface area (Å²) < 4.78 is 19.4. The molecule has 0 aliphatic heterocycles. The van der Waals surface area contributed by atoms with E-state index in [1.54, 1.807) is 19.2 Å². The van der Waals surface area contributed by atoms with Crippen LogP contribution in [-0.4, -0.2) is 7.11 Å². The molecule has 0 aliphatic carbocycles. The van der Waals surface area contributed by atoms with Gasteiger partial charge in [0.15, 0.2) is 0 Å². The highest BCUT2D eigenvalue weighted by atomic mass is 79.9. The minimum atomic E-state index is -0.430. The van der Waals surface area contributed by atoms with Crippen molar-refractivity contribution >= 4 is 27.5 Å². The van der Waals surface area contributed by atoms with Crippen molar-refractivity contribution in [3.05, 3.63) is 62.8 Å². The van der Waals surface area contributed by atoms with Crippen molar-refractivity contribution in [1.82, 2.24) is 5.43 Å². The number of halogens is 3.